The Kier molecular flexibility index (Phi) is 3.24. The highest BCUT2D eigenvalue weighted by atomic mass is 16.1. The Labute approximate surface area is 105 Å². The van der Waals surface area contributed by atoms with Gasteiger partial charge in [-0.3, -0.25) is 0 Å². The lowest BCUT2D eigenvalue weighted by Crippen LogP contribution is -2.29. The van der Waals surface area contributed by atoms with Crippen molar-refractivity contribution in [2.24, 2.45) is 0 Å². The summed E-state index contributed by atoms with van der Waals surface area (Å²) in [6.45, 7) is 1.84. The maximum atomic E-state index is 10.8. The molecular formula is C14H13N3O. The van der Waals surface area contributed by atoms with Crippen LogP contribution in [0.4, 0.5) is 5.69 Å². The molecule has 4 nitrogen and oxygen atoms in total. The Morgan fingerprint density at radius 3 is 2.89 bits per heavy atom. The summed E-state index contributed by atoms with van der Waals surface area (Å²) in [4.78, 5) is 16.7. The number of carbonyl (C=O) groups is 1. The average molecular weight is 239 g/mol. The van der Waals surface area contributed by atoms with Crippen LogP contribution in [-0.4, -0.2) is 24.4 Å². The topological polar surface area (TPSA) is 57.0 Å². The van der Waals surface area contributed by atoms with Crippen molar-refractivity contribution in [1.29, 1.82) is 5.26 Å². The number of carbonyl (C=O) groups excluding carboxylic acids is 1. The summed E-state index contributed by atoms with van der Waals surface area (Å²) < 4.78 is 0. The molecule has 0 spiro atoms. The first kappa shape index (κ1) is 12.1. The van der Waals surface area contributed by atoms with E-state index in [9.17, 15) is 4.79 Å². The number of pyridine rings is 1. The van der Waals surface area contributed by atoms with Crippen molar-refractivity contribution < 1.29 is 4.79 Å². The molecule has 0 amide bonds. The minimum Gasteiger partial charge on any atom is -0.365 e. The van der Waals surface area contributed by atoms with Gasteiger partial charge in [-0.1, -0.05) is 0 Å². The van der Waals surface area contributed by atoms with Gasteiger partial charge in [-0.25, -0.2) is 4.98 Å². The highest BCUT2D eigenvalue weighted by Crippen LogP contribution is 2.23. The van der Waals surface area contributed by atoms with E-state index in [0.717, 1.165) is 22.7 Å². The van der Waals surface area contributed by atoms with Crippen LogP contribution in [0.3, 0.4) is 0 Å². The summed E-state index contributed by atoms with van der Waals surface area (Å²) >= 11 is 0. The molecule has 0 radical (unpaired) electrons. The lowest BCUT2D eigenvalue weighted by molar-refractivity contribution is -0.108. The molecule has 1 unspecified atom stereocenters. The number of hydrogen-bond acceptors (Lipinski definition) is 4. The summed E-state index contributed by atoms with van der Waals surface area (Å²) in [5, 5.41) is 10.7. The summed E-state index contributed by atoms with van der Waals surface area (Å²) in [5.41, 5.74) is 1.36. The predicted octanol–water partition coefficient (Wildman–Crippen LogP) is 2.13. The van der Waals surface area contributed by atoms with Gasteiger partial charge in [0.2, 0.25) is 0 Å². The molecule has 0 aliphatic rings. The second kappa shape index (κ2) is 4.84. The Bertz CT molecular complexity index is 630. The third-order valence-corrected chi connectivity index (χ3v) is 3.07. The number of nitriles is 1. The molecule has 0 N–H and O–H groups in total. The van der Waals surface area contributed by atoms with Crippen molar-refractivity contribution in [3.05, 3.63) is 36.2 Å². The third-order valence-electron chi connectivity index (χ3n) is 3.07. The van der Waals surface area contributed by atoms with Gasteiger partial charge in [0.05, 0.1) is 6.04 Å². The molecule has 0 aliphatic heterocycles. The van der Waals surface area contributed by atoms with Crippen molar-refractivity contribution >= 4 is 22.7 Å². The predicted molar refractivity (Wildman–Crippen MR) is 70.4 cm³/mol. The van der Waals surface area contributed by atoms with E-state index in [1.54, 1.807) is 6.20 Å². The SMILES string of the molecule is CC(C=O)N(C)c1ccc2c(C#N)nccc2c1. The minimum atomic E-state index is -0.181. The van der Waals surface area contributed by atoms with Gasteiger partial charge in [0.1, 0.15) is 18.0 Å². The molecular weight excluding hydrogens is 226 g/mol. The molecule has 1 atom stereocenters. The normalized spacial score (nSPS) is 11.8. The Hall–Kier alpha value is -2.41. The van der Waals surface area contributed by atoms with Gasteiger partial charge in [-0.15, -0.1) is 0 Å². The molecule has 1 aromatic carbocycles. The van der Waals surface area contributed by atoms with E-state index < -0.39 is 0 Å². The second-order valence-corrected chi connectivity index (χ2v) is 4.16. The van der Waals surface area contributed by atoms with E-state index in [4.69, 9.17) is 5.26 Å². The number of fused-ring (bicyclic) bond motifs is 1. The number of nitrogens with zero attached hydrogens (tertiary/aromatic N) is 3. The van der Waals surface area contributed by atoms with Crippen molar-refractivity contribution in [3.63, 3.8) is 0 Å². The van der Waals surface area contributed by atoms with E-state index in [1.807, 2.05) is 43.1 Å². The van der Waals surface area contributed by atoms with Gasteiger partial charge in [0, 0.05) is 24.3 Å². The monoisotopic (exact) mass is 239 g/mol. The number of aromatic nitrogens is 1. The molecule has 0 fully saturated rings. The number of aldehydes is 1. The summed E-state index contributed by atoms with van der Waals surface area (Å²) in [6, 6.07) is 9.47. The van der Waals surface area contributed by atoms with Gasteiger partial charge in [0.25, 0.3) is 0 Å². The first-order valence-electron chi connectivity index (χ1n) is 5.64. The summed E-state index contributed by atoms with van der Waals surface area (Å²) in [6.07, 6.45) is 2.52. The smallest absolute Gasteiger partial charge is 0.148 e. The zero-order chi connectivity index (χ0) is 13.1. The van der Waals surface area contributed by atoms with Crippen molar-refractivity contribution in [2.75, 3.05) is 11.9 Å². The summed E-state index contributed by atoms with van der Waals surface area (Å²) in [5.74, 6) is 0. The minimum absolute atomic E-state index is 0.181. The van der Waals surface area contributed by atoms with Crippen LogP contribution >= 0.6 is 0 Å². The van der Waals surface area contributed by atoms with Crippen LogP contribution in [0.1, 0.15) is 12.6 Å². The molecule has 2 aromatic rings. The Balaban J connectivity index is 2.52. The third kappa shape index (κ3) is 2.03. The lowest BCUT2D eigenvalue weighted by Gasteiger charge is -2.23. The van der Waals surface area contributed by atoms with Crippen molar-refractivity contribution in [1.82, 2.24) is 4.98 Å². The number of benzene rings is 1. The average Bonchev–Trinajstić information content (AvgIpc) is 2.44. The van der Waals surface area contributed by atoms with Gasteiger partial charge >= 0.3 is 0 Å². The molecule has 18 heavy (non-hydrogen) atoms. The van der Waals surface area contributed by atoms with Crippen LogP contribution in [0.2, 0.25) is 0 Å². The van der Waals surface area contributed by atoms with E-state index in [1.165, 1.54) is 0 Å². The highest BCUT2D eigenvalue weighted by molar-refractivity contribution is 5.89. The zero-order valence-electron chi connectivity index (χ0n) is 10.3. The molecule has 1 heterocycles. The largest absolute Gasteiger partial charge is 0.365 e. The van der Waals surface area contributed by atoms with Crippen LogP contribution in [0.5, 0.6) is 0 Å². The molecule has 4 heteroatoms. The fourth-order valence-electron chi connectivity index (χ4n) is 1.80. The Morgan fingerprint density at radius 2 is 2.22 bits per heavy atom. The fourth-order valence-corrected chi connectivity index (χ4v) is 1.80. The standard InChI is InChI=1S/C14H13N3O/c1-10(9-18)17(2)12-3-4-13-11(7-12)5-6-16-14(13)8-15/h3-7,9-10H,1-2H3. The van der Waals surface area contributed by atoms with E-state index in [2.05, 4.69) is 11.1 Å². The number of anilines is 1. The number of hydrogen-bond donors (Lipinski definition) is 0. The van der Waals surface area contributed by atoms with Crippen LogP contribution in [-0.2, 0) is 4.79 Å². The summed E-state index contributed by atoms with van der Waals surface area (Å²) in [7, 11) is 1.87. The second-order valence-electron chi connectivity index (χ2n) is 4.16. The van der Waals surface area contributed by atoms with Crippen LogP contribution in [0.25, 0.3) is 10.8 Å². The zero-order valence-corrected chi connectivity index (χ0v) is 10.3. The van der Waals surface area contributed by atoms with Crippen LogP contribution < -0.4 is 4.90 Å². The molecule has 0 saturated carbocycles. The molecule has 0 bridgehead atoms. The van der Waals surface area contributed by atoms with Gasteiger partial charge in [-0.2, -0.15) is 5.26 Å². The maximum Gasteiger partial charge on any atom is 0.148 e. The quantitative estimate of drug-likeness (QED) is 0.770. The van der Waals surface area contributed by atoms with Gasteiger partial charge in [-0.05, 0) is 36.6 Å². The first-order valence-corrected chi connectivity index (χ1v) is 5.64. The maximum absolute atomic E-state index is 10.8. The van der Waals surface area contributed by atoms with Crippen LogP contribution in [0.15, 0.2) is 30.5 Å². The fraction of sp³-hybridized carbons (Fsp3) is 0.214. The molecule has 2 rings (SSSR count). The van der Waals surface area contributed by atoms with E-state index in [0.29, 0.717) is 5.69 Å². The van der Waals surface area contributed by atoms with E-state index >= 15 is 0 Å². The molecule has 90 valence electrons. The number of rotatable bonds is 3. The molecule has 0 saturated heterocycles. The first-order chi connectivity index (χ1) is 8.67. The Morgan fingerprint density at radius 1 is 1.44 bits per heavy atom. The van der Waals surface area contributed by atoms with Crippen LogP contribution in [0, 0.1) is 11.3 Å². The van der Waals surface area contributed by atoms with Gasteiger partial charge < -0.3 is 9.69 Å². The van der Waals surface area contributed by atoms with Crippen molar-refractivity contribution in [2.45, 2.75) is 13.0 Å². The van der Waals surface area contributed by atoms with Crippen molar-refractivity contribution in [3.8, 4) is 6.07 Å². The number of likely N-dealkylation sites (N-methyl/N-ethyl adjacent to an activating group) is 1. The van der Waals surface area contributed by atoms with E-state index in [-0.39, 0.29) is 6.04 Å². The lowest BCUT2D eigenvalue weighted by atomic mass is 10.1. The molecule has 1 aromatic heterocycles. The highest BCUT2D eigenvalue weighted by Gasteiger charge is 2.10. The molecule has 0 aliphatic carbocycles. The van der Waals surface area contributed by atoms with Gasteiger partial charge in [0.15, 0.2) is 0 Å².